The Labute approximate surface area is 123 Å². The van der Waals surface area contributed by atoms with Crippen LogP contribution in [0.25, 0.3) is 0 Å². The van der Waals surface area contributed by atoms with Gasteiger partial charge in [-0.15, -0.1) is 0 Å². The lowest BCUT2D eigenvalue weighted by molar-refractivity contribution is -0.139. The van der Waals surface area contributed by atoms with Crippen LogP contribution < -0.4 is 14.8 Å². The molecule has 0 aromatic heterocycles. The summed E-state index contributed by atoms with van der Waals surface area (Å²) in [4.78, 5) is 23.4. The van der Waals surface area contributed by atoms with Gasteiger partial charge in [0, 0.05) is 11.6 Å². The Morgan fingerprint density at radius 2 is 1.81 bits per heavy atom. The SMILES string of the molecule is COc1cc(OC)cc(C(=O)NC(CC2CC2)C(=O)O)c1. The van der Waals surface area contributed by atoms with Crippen LogP contribution in [0.4, 0.5) is 0 Å². The Kier molecular flexibility index (Phi) is 4.67. The van der Waals surface area contributed by atoms with Crippen LogP contribution in [0.3, 0.4) is 0 Å². The summed E-state index contributed by atoms with van der Waals surface area (Å²) in [6, 6.07) is 3.89. The minimum absolute atomic E-state index is 0.313. The van der Waals surface area contributed by atoms with Crippen LogP contribution in [-0.2, 0) is 4.79 Å². The first kappa shape index (κ1) is 15.2. The lowest BCUT2D eigenvalue weighted by Gasteiger charge is -2.15. The predicted octanol–water partition coefficient (Wildman–Crippen LogP) is 1.69. The Bertz CT molecular complexity index is 517. The number of carboxylic acid groups (broad SMARTS) is 1. The normalized spacial score (nSPS) is 15.1. The number of carbonyl (C=O) groups excluding carboxylic acids is 1. The van der Waals surface area contributed by atoms with Gasteiger partial charge in [-0.2, -0.15) is 0 Å². The van der Waals surface area contributed by atoms with E-state index in [2.05, 4.69) is 5.32 Å². The molecule has 2 N–H and O–H groups in total. The molecule has 0 aliphatic heterocycles. The molecular formula is C15H19NO5. The van der Waals surface area contributed by atoms with Crippen molar-refractivity contribution in [3.63, 3.8) is 0 Å². The van der Waals surface area contributed by atoms with Gasteiger partial charge < -0.3 is 19.9 Å². The average molecular weight is 293 g/mol. The number of nitrogens with one attached hydrogen (secondary N) is 1. The molecular weight excluding hydrogens is 274 g/mol. The van der Waals surface area contributed by atoms with Crippen LogP contribution in [-0.4, -0.2) is 37.2 Å². The van der Waals surface area contributed by atoms with Crippen LogP contribution >= 0.6 is 0 Å². The minimum Gasteiger partial charge on any atom is -0.497 e. The molecule has 21 heavy (non-hydrogen) atoms. The monoisotopic (exact) mass is 293 g/mol. The molecule has 1 aliphatic rings. The third kappa shape index (κ3) is 4.11. The van der Waals surface area contributed by atoms with Gasteiger partial charge in [0.05, 0.1) is 14.2 Å². The third-order valence-corrected chi connectivity index (χ3v) is 3.48. The number of carboxylic acids is 1. The van der Waals surface area contributed by atoms with Gasteiger partial charge in [0.2, 0.25) is 0 Å². The van der Waals surface area contributed by atoms with Crippen molar-refractivity contribution in [3.05, 3.63) is 23.8 Å². The largest absolute Gasteiger partial charge is 0.497 e. The molecule has 1 saturated carbocycles. The summed E-state index contributed by atoms with van der Waals surface area (Å²) < 4.78 is 10.2. The second kappa shape index (κ2) is 6.47. The molecule has 1 fully saturated rings. The Morgan fingerprint density at radius 3 is 2.24 bits per heavy atom. The number of hydrogen-bond donors (Lipinski definition) is 2. The Hall–Kier alpha value is -2.24. The van der Waals surface area contributed by atoms with Crippen molar-refractivity contribution in [2.45, 2.75) is 25.3 Å². The highest BCUT2D eigenvalue weighted by atomic mass is 16.5. The first-order chi connectivity index (χ1) is 10.0. The standard InChI is InChI=1S/C15H19NO5/c1-20-11-6-10(7-12(8-11)21-2)14(17)16-13(15(18)19)5-9-3-4-9/h6-9,13H,3-5H2,1-2H3,(H,16,17)(H,18,19). The summed E-state index contributed by atoms with van der Waals surface area (Å²) in [7, 11) is 2.98. The van der Waals surface area contributed by atoms with Crippen molar-refractivity contribution in [2.24, 2.45) is 5.92 Å². The van der Waals surface area contributed by atoms with Crippen LogP contribution in [0.2, 0.25) is 0 Å². The molecule has 1 atom stereocenters. The molecule has 1 unspecified atom stereocenters. The Morgan fingerprint density at radius 1 is 1.24 bits per heavy atom. The number of carbonyl (C=O) groups is 2. The number of benzene rings is 1. The summed E-state index contributed by atoms with van der Waals surface area (Å²) in [5.74, 6) is -0.0845. The fourth-order valence-corrected chi connectivity index (χ4v) is 2.09. The van der Waals surface area contributed by atoms with Gasteiger partial charge >= 0.3 is 5.97 Å². The van der Waals surface area contributed by atoms with Crippen LogP contribution in [0.15, 0.2) is 18.2 Å². The number of rotatable bonds is 7. The molecule has 6 nitrogen and oxygen atoms in total. The van der Waals surface area contributed by atoms with Crippen molar-refractivity contribution in [3.8, 4) is 11.5 Å². The molecule has 114 valence electrons. The fourth-order valence-electron chi connectivity index (χ4n) is 2.09. The van der Waals surface area contributed by atoms with E-state index in [1.54, 1.807) is 18.2 Å². The lowest BCUT2D eigenvalue weighted by atomic mass is 10.1. The molecule has 0 spiro atoms. The zero-order valence-electron chi connectivity index (χ0n) is 12.1. The summed E-state index contributed by atoms with van der Waals surface area (Å²) in [6.07, 6.45) is 2.54. The van der Waals surface area contributed by atoms with Crippen LogP contribution in [0, 0.1) is 5.92 Å². The van der Waals surface area contributed by atoms with E-state index in [0.29, 0.717) is 29.4 Å². The van der Waals surface area contributed by atoms with E-state index in [9.17, 15) is 14.7 Å². The molecule has 2 rings (SSSR count). The topological polar surface area (TPSA) is 84.9 Å². The van der Waals surface area contributed by atoms with E-state index >= 15 is 0 Å². The highest BCUT2D eigenvalue weighted by molar-refractivity contribution is 5.97. The van der Waals surface area contributed by atoms with Crippen molar-refractivity contribution in [1.82, 2.24) is 5.32 Å². The van der Waals surface area contributed by atoms with Gasteiger partial charge in [-0.3, -0.25) is 4.79 Å². The number of hydrogen-bond acceptors (Lipinski definition) is 4. The number of amides is 1. The van der Waals surface area contributed by atoms with Crippen molar-refractivity contribution in [2.75, 3.05) is 14.2 Å². The number of aliphatic carboxylic acids is 1. The Balaban J connectivity index is 2.12. The molecule has 0 radical (unpaired) electrons. The van der Waals surface area contributed by atoms with E-state index in [0.717, 1.165) is 12.8 Å². The van der Waals surface area contributed by atoms with E-state index < -0.39 is 17.9 Å². The second-order valence-electron chi connectivity index (χ2n) is 5.14. The van der Waals surface area contributed by atoms with Gasteiger partial charge in [-0.1, -0.05) is 12.8 Å². The predicted molar refractivity (Wildman–Crippen MR) is 75.8 cm³/mol. The van der Waals surface area contributed by atoms with Crippen molar-refractivity contribution >= 4 is 11.9 Å². The highest BCUT2D eigenvalue weighted by Gasteiger charge is 2.30. The third-order valence-electron chi connectivity index (χ3n) is 3.48. The molecule has 0 bridgehead atoms. The van der Waals surface area contributed by atoms with Gasteiger partial charge in [-0.05, 0) is 24.5 Å². The van der Waals surface area contributed by atoms with Crippen LogP contribution in [0.5, 0.6) is 11.5 Å². The van der Waals surface area contributed by atoms with Gasteiger partial charge in [0.15, 0.2) is 0 Å². The maximum Gasteiger partial charge on any atom is 0.326 e. The van der Waals surface area contributed by atoms with E-state index in [1.165, 1.54) is 14.2 Å². The first-order valence-electron chi connectivity index (χ1n) is 6.80. The molecule has 1 aromatic carbocycles. The first-order valence-corrected chi connectivity index (χ1v) is 6.80. The van der Waals surface area contributed by atoms with Gasteiger partial charge in [-0.25, -0.2) is 4.79 Å². The zero-order valence-corrected chi connectivity index (χ0v) is 12.1. The maximum atomic E-state index is 12.2. The minimum atomic E-state index is -1.01. The second-order valence-corrected chi connectivity index (χ2v) is 5.14. The van der Waals surface area contributed by atoms with E-state index in [4.69, 9.17) is 9.47 Å². The summed E-state index contributed by atoms with van der Waals surface area (Å²) in [5, 5.41) is 11.7. The summed E-state index contributed by atoms with van der Waals surface area (Å²) in [6.45, 7) is 0. The average Bonchev–Trinajstić information content (AvgIpc) is 3.29. The maximum absolute atomic E-state index is 12.2. The molecule has 1 aliphatic carbocycles. The van der Waals surface area contributed by atoms with Crippen molar-refractivity contribution < 1.29 is 24.2 Å². The molecule has 1 aromatic rings. The van der Waals surface area contributed by atoms with E-state index in [-0.39, 0.29) is 0 Å². The molecule has 0 saturated heterocycles. The smallest absolute Gasteiger partial charge is 0.326 e. The number of ether oxygens (including phenoxy) is 2. The molecule has 0 heterocycles. The molecule has 6 heteroatoms. The molecule has 1 amide bonds. The van der Waals surface area contributed by atoms with E-state index in [1.807, 2.05) is 0 Å². The van der Waals surface area contributed by atoms with Crippen molar-refractivity contribution in [1.29, 1.82) is 0 Å². The fraction of sp³-hybridized carbons (Fsp3) is 0.467. The van der Waals surface area contributed by atoms with Gasteiger partial charge in [0.1, 0.15) is 17.5 Å². The van der Waals surface area contributed by atoms with Gasteiger partial charge in [0.25, 0.3) is 5.91 Å². The highest BCUT2D eigenvalue weighted by Crippen LogP contribution is 2.33. The van der Waals surface area contributed by atoms with Crippen LogP contribution in [0.1, 0.15) is 29.6 Å². The summed E-state index contributed by atoms with van der Waals surface area (Å²) in [5.41, 5.74) is 0.313. The quantitative estimate of drug-likeness (QED) is 0.799. The lowest BCUT2D eigenvalue weighted by Crippen LogP contribution is -2.41. The number of methoxy groups -OCH3 is 2. The zero-order chi connectivity index (χ0) is 15.4. The summed E-state index contributed by atoms with van der Waals surface area (Å²) >= 11 is 0.